The molecule has 1 aliphatic heterocycles. The van der Waals surface area contributed by atoms with Crippen molar-refractivity contribution >= 4 is 27.9 Å². The Kier molecular flexibility index (Phi) is 6.62. The molecule has 0 fully saturated rings. The van der Waals surface area contributed by atoms with Crippen molar-refractivity contribution in [2.24, 2.45) is 5.10 Å². The summed E-state index contributed by atoms with van der Waals surface area (Å²) >= 11 is 3.49. The van der Waals surface area contributed by atoms with Crippen LogP contribution in [-0.2, 0) is 17.6 Å². The molecule has 136 valence electrons. The lowest BCUT2D eigenvalue weighted by Gasteiger charge is -2.24. The number of halogens is 1. The summed E-state index contributed by atoms with van der Waals surface area (Å²) in [7, 11) is 0. The van der Waals surface area contributed by atoms with Crippen LogP contribution in [0.1, 0.15) is 42.9 Å². The van der Waals surface area contributed by atoms with E-state index in [2.05, 4.69) is 69.6 Å². The standard InChI is InChI=1S/C22H25BrN2O/c1-17(26)22(25-15-5-14-24-25)9-4-8-19-6-2-3-7-20(19)16-18-10-12-21(23)13-11-18/h2-3,6-7,10-14,22H,4-5,8-9,15-16H2,1H3. The highest BCUT2D eigenvalue weighted by Crippen LogP contribution is 2.20. The second-order valence-corrected chi connectivity index (χ2v) is 7.76. The predicted octanol–water partition coefficient (Wildman–Crippen LogP) is 5.01. The minimum Gasteiger partial charge on any atom is -0.298 e. The molecule has 0 amide bonds. The van der Waals surface area contributed by atoms with Crippen molar-refractivity contribution in [1.82, 2.24) is 5.01 Å². The topological polar surface area (TPSA) is 32.7 Å². The maximum atomic E-state index is 12.0. The number of benzene rings is 2. The molecule has 0 aliphatic carbocycles. The number of hydrogen-bond donors (Lipinski definition) is 0. The fraction of sp³-hybridized carbons (Fsp3) is 0.364. The Labute approximate surface area is 164 Å². The van der Waals surface area contributed by atoms with Crippen LogP contribution in [0.3, 0.4) is 0 Å². The third-order valence-electron chi connectivity index (χ3n) is 4.90. The molecule has 0 N–H and O–H groups in total. The van der Waals surface area contributed by atoms with Crippen LogP contribution in [0, 0.1) is 0 Å². The third-order valence-corrected chi connectivity index (χ3v) is 5.42. The van der Waals surface area contributed by atoms with Gasteiger partial charge in [-0.3, -0.25) is 9.80 Å². The van der Waals surface area contributed by atoms with Crippen molar-refractivity contribution < 1.29 is 4.79 Å². The minimum atomic E-state index is -0.0765. The van der Waals surface area contributed by atoms with Gasteiger partial charge in [-0.2, -0.15) is 5.10 Å². The smallest absolute Gasteiger partial charge is 0.153 e. The fourth-order valence-electron chi connectivity index (χ4n) is 3.49. The Morgan fingerprint density at radius 1 is 1.15 bits per heavy atom. The van der Waals surface area contributed by atoms with Gasteiger partial charge in [-0.1, -0.05) is 52.3 Å². The quantitative estimate of drug-likeness (QED) is 0.609. The van der Waals surface area contributed by atoms with E-state index in [0.29, 0.717) is 0 Å². The van der Waals surface area contributed by atoms with Gasteiger partial charge in [-0.15, -0.1) is 0 Å². The number of aryl methyl sites for hydroxylation is 1. The van der Waals surface area contributed by atoms with Crippen LogP contribution in [0.4, 0.5) is 0 Å². The average molecular weight is 413 g/mol. The molecule has 3 nitrogen and oxygen atoms in total. The number of hydrazone groups is 1. The summed E-state index contributed by atoms with van der Waals surface area (Å²) in [5.74, 6) is 0.215. The first-order chi connectivity index (χ1) is 12.6. The number of hydrogen-bond acceptors (Lipinski definition) is 3. The molecule has 1 heterocycles. The molecule has 1 atom stereocenters. The minimum absolute atomic E-state index is 0.0765. The van der Waals surface area contributed by atoms with Crippen molar-refractivity contribution in [3.63, 3.8) is 0 Å². The SMILES string of the molecule is CC(=O)C(CCCc1ccccc1Cc1ccc(Br)cc1)N1CCC=N1. The van der Waals surface area contributed by atoms with Gasteiger partial charge in [-0.25, -0.2) is 0 Å². The summed E-state index contributed by atoms with van der Waals surface area (Å²) in [4.78, 5) is 12.0. The predicted molar refractivity (Wildman–Crippen MR) is 111 cm³/mol. The zero-order valence-corrected chi connectivity index (χ0v) is 16.8. The maximum Gasteiger partial charge on any atom is 0.153 e. The van der Waals surface area contributed by atoms with Gasteiger partial charge in [0.2, 0.25) is 0 Å². The molecule has 26 heavy (non-hydrogen) atoms. The van der Waals surface area contributed by atoms with Gasteiger partial charge < -0.3 is 0 Å². The largest absolute Gasteiger partial charge is 0.298 e. The highest BCUT2D eigenvalue weighted by molar-refractivity contribution is 9.10. The van der Waals surface area contributed by atoms with E-state index in [4.69, 9.17) is 0 Å². The van der Waals surface area contributed by atoms with Crippen molar-refractivity contribution in [3.05, 3.63) is 69.7 Å². The summed E-state index contributed by atoms with van der Waals surface area (Å²) in [6, 6.07) is 17.1. The van der Waals surface area contributed by atoms with Gasteiger partial charge in [0, 0.05) is 23.7 Å². The molecule has 1 aliphatic rings. The molecule has 1 unspecified atom stereocenters. The molecule has 0 aromatic heterocycles. The van der Waals surface area contributed by atoms with Crippen molar-refractivity contribution in [2.45, 2.75) is 45.1 Å². The Morgan fingerprint density at radius 2 is 1.88 bits per heavy atom. The Morgan fingerprint density at radius 3 is 2.54 bits per heavy atom. The van der Waals surface area contributed by atoms with Crippen LogP contribution < -0.4 is 0 Å². The lowest BCUT2D eigenvalue weighted by Crippen LogP contribution is -2.35. The van der Waals surface area contributed by atoms with Gasteiger partial charge in [0.15, 0.2) is 5.78 Å². The van der Waals surface area contributed by atoms with Gasteiger partial charge in [0.25, 0.3) is 0 Å². The molecule has 0 bridgehead atoms. The highest BCUT2D eigenvalue weighted by atomic mass is 79.9. The van der Waals surface area contributed by atoms with Crippen LogP contribution in [0.15, 0.2) is 58.1 Å². The zero-order chi connectivity index (χ0) is 18.4. The van der Waals surface area contributed by atoms with Crippen LogP contribution >= 0.6 is 15.9 Å². The molecule has 4 heteroatoms. The summed E-state index contributed by atoms with van der Waals surface area (Å²) in [5.41, 5.74) is 4.06. The summed E-state index contributed by atoms with van der Waals surface area (Å²) in [6.45, 7) is 2.55. The molecular weight excluding hydrogens is 388 g/mol. The van der Waals surface area contributed by atoms with Gasteiger partial charge in [-0.05, 0) is 61.4 Å². The summed E-state index contributed by atoms with van der Waals surface area (Å²) in [6.07, 6.45) is 6.64. The first-order valence-electron chi connectivity index (χ1n) is 9.24. The molecule has 2 aromatic carbocycles. The molecule has 0 radical (unpaired) electrons. The average Bonchev–Trinajstić information content (AvgIpc) is 3.16. The Bertz CT molecular complexity index is 770. The van der Waals surface area contributed by atoms with Crippen LogP contribution in [0.2, 0.25) is 0 Å². The van der Waals surface area contributed by atoms with Crippen molar-refractivity contribution in [1.29, 1.82) is 0 Å². The van der Waals surface area contributed by atoms with E-state index in [1.54, 1.807) is 6.92 Å². The van der Waals surface area contributed by atoms with E-state index in [-0.39, 0.29) is 11.8 Å². The van der Waals surface area contributed by atoms with Gasteiger partial charge in [0.05, 0.1) is 0 Å². The van der Waals surface area contributed by atoms with E-state index in [0.717, 1.165) is 43.1 Å². The van der Waals surface area contributed by atoms with E-state index < -0.39 is 0 Å². The first-order valence-corrected chi connectivity index (χ1v) is 10.0. The highest BCUT2D eigenvalue weighted by Gasteiger charge is 2.22. The Hall–Kier alpha value is -1.94. The molecule has 3 rings (SSSR count). The normalized spacial score (nSPS) is 14.6. The molecular formula is C22H25BrN2O. The maximum absolute atomic E-state index is 12.0. The number of rotatable bonds is 8. The number of ketones is 1. The van der Waals surface area contributed by atoms with Gasteiger partial charge in [0.1, 0.15) is 6.04 Å². The van der Waals surface area contributed by atoms with E-state index in [1.165, 1.54) is 16.7 Å². The van der Waals surface area contributed by atoms with Crippen LogP contribution in [0.5, 0.6) is 0 Å². The number of Topliss-reactive ketones (excluding diaryl/α,β-unsaturated/α-hetero) is 1. The second kappa shape index (κ2) is 9.13. The van der Waals surface area contributed by atoms with E-state index in [1.807, 2.05) is 11.2 Å². The number of carbonyl (C=O) groups is 1. The second-order valence-electron chi connectivity index (χ2n) is 6.84. The number of carbonyl (C=O) groups excluding carboxylic acids is 1. The summed E-state index contributed by atoms with van der Waals surface area (Å²) < 4.78 is 1.11. The third kappa shape index (κ3) is 5.04. The van der Waals surface area contributed by atoms with Gasteiger partial charge >= 0.3 is 0 Å². The molecule has 0 spiro atoms. The monoisotopic (exact) mass is 412 g/mol. The van der Waals surface area contributed by atoms with E-state index >= 15 is 0 Å². The molecule has 0 saturated heterocycles. The van der Waals surface area contributed by atoms with Crippen LogP contribution in [-0.4, -0.2) is 29.6 Å². The fourth-order valence-corrected chi connectivity index (χ4v) is 3.76. The first kappa shape index (κ1) is 18.8. The molecule has 0 saturated carbocycles. The lowest BCUT2D eigenvalue weighted by atomic mass is 9.95. The lowest BCUT2D eigenvalue weighted by molar-refractivity contribution is -0.122. The van der Waals surface area contributed by atoms with Crippen LogP contribution in [0.25, 0.3) is 0 Å². The van der Waals surface area contributed by atoms with E-state index in [9.17, 15) is 4.79 Å². The van der Waals surface area contributed by atoms with Crippen molar-refractivity contribution in [3.8, 4) is 0 Å². The van der Waals surface area contributed by atoms with Crippen molar-refractivity contribution in [2.75, 3.05) is 6.54 Å². The molecule has 2 aromatic rings. The summed E-state index contributed by atoms with van der Waals surface area (Å²) in [5, 5.41) is 6.30. The Balaban J connectivity index is 1.61. The zero-order valence-electron chi connectivity index (χ0n) is 15.2. The number of nitrogens with zero attached hydrogens (tertiary/aromatic N) is 2.